The van der Waals surface area contributed by atoms with Crippen molar-refractivity contribution in [2.45, 2.75) is 47.1 Å². The third-order valence-electron chi connectivity index (χ3n) is 3.38. The summed E-state index contributed by atoms with van der Waals surface area (Å²) in [7, 11) is 1.69. The fourth-order valence-corrected chi connectivity index (χ4v) is 2.25. The maximum absolute atomic E-state index is 5.90. The number of ether oxygens (including phenoxy) is 2. The molecule has 2 rings (SSSR count). The van der Waals surface area contributed by atoms with Crippen LogP contribution in [-0.4, -0.2) is 7.11 Å². The zero-order valence-electron chi connectivity index (χ0n) is 14.5. The lowest BCUT2D eigenvalue weighted by Gasteiger charge is -2.14. The zero-order chi connectivity index (χ0) is 16.4. The summed E-state index contributed by atoms with van der Waals surface area (Å²) in [4.78, 5) is 0. The van der Waals surface area contributed by atoms with Crippen molar-refractivity contribution in [3.63, 3.8) is 0 Å². The molecular weight excluding hydrogens is 272 g/mol. The Hall–Kier alpha value is -1.96. The normalized spacial score (nSPS) is 9.68. The molecule has 0 atom stereocenters. The fourth-order valence-electron chi connectivity index (χ4n) is 2.25. The first kappa shape index (κ1) is 18.1. The molecule has 0 aliphatic rings. The molecule has 0 fully saturated rings. The highest BCUT2D eigenvalue weighted by Crippen LogP contribution is 2.31. The molecule has 2 aromatic carbocycles. The molecule has 0 aliphatic carbocycles. The Labute approximate surface area is 135 Å². The smallest absolute Gasteiger partial charge is 0.161 e. The molecule has 0 saturated heterocycles. The van der Waals surface area contributed by atoms with Crippen molar-refractivity contribution in [3.8, 4) is 11.5 Å². The van der Waals surface area contributed by atoms with Gasteiger partial charge in [0.15, 0.2) is 11.5 Å². The fraction of sp³-hybridized carbons (Fsp3) is 0.400. The molecule has 0 amide bonds. The van der Waals surface area contributed by atoms with Gasteiger partial charge in [-0.15, -0.1) is 0 Å². The number of rotatable bonds is 6. The Balaban J connectivity index is 0.00000116. The minimum Gasteiger partial charge on any atom is -0.493 e. The standard InChI is InChI=1S/C18H22O2.C2H6/c1-4-8-16-12-17(19-3)18(11-14(16)2)20-13-15-9-6-5-7-10-15;1-2/h5-7,9-12H,4,8,13H2,1-3H3;1-2H3. The molecule has 0 N–H and O–H groups in total. The van der Waals surface area contributed by atoms with Crippen LogP contribution >= 0.6 is 0 Å². The van der Waals surface area contributed by atoms with E-state index in [1.807, 2.05) is 32.0 Å². The first-order valence-electron chi connectivity index (χ1n) is 8.08. The van der Waals surface area contributed by atoms with Crippen molar-refractivity contribution < 1.29 is 9.47 Å². The van der Waals surface area contributed by atoms with Crippen molar-refractivity contribution in [3.05, 3.63) is 59.2 Å². The maximum atomic E-state index is 5.90. The second-order valence-electron chi connectivity index (χ2n) is 4.95. The van der Waals surface area contributed by atoms with Crippen molar-refractivity contribution in [1.82, 2.24) is 0 Å². The molecule has 22 heavy (non-hydrogen) atoms. The van der Waals surface area contributed by atoms with Gasteiger partial charge in [0, 0.05) is 0 Å². The molecular formula is C20H28O2. The van der Waals surface area contributed by atoms with Crippen LogP contribution in [0, 0.1) is 6.92 Å². The van der Waals surface area contributed by atoms with E-state index in [9.17, 15) is 0 Å². The van der Waals surface area contributed by atoms with E-state index in [0.29, 0.717) is 6.61 Å². The van der Waals surface area contributed by atoms with E-state index in [-0.39, 0.29) is 0 Å². The van der Waals surface area contributed by atoms with Crippen LogP contribution in [0.3, 0.4) is 0 Å². The van der Waals surface area contributed by atoms with Crippen LogP contribution in [0.15, 0.2) is 42.5 Å². The van der Waals surface area contributed by atoms with Crippen molar-refractivity contribution in [2.75, 3.05) is 7.11 Å². The lowest BCUT2D eigenvalue weighted by Crippen LogP contribution is -2.00. The van der Waals surface area contributed by atoms with E-state index in [0.717, 1.165) is 29.9 Å². The van der Waals surface area contributed by atoms with Crippen LogP contribution in [0.2, 0.25) is 0 Å². The summed E-state index contributed by atoms with van der Waals surface area (Å²) in [6.45, 7) is 8.87. The molecule has 0 radical (unpaired) electrons. The van der Waals surface area contributed by atoms with Crippen LogP contribution in [0.4, 0.5) is 0 Å². The van der Waals surface area contributed by atoms with Gasteiger partial charge in [-0.05, 0) is 42.2 Å². The van der Waals surface area contributed by atoms with Crippen molar-refractivity contribution in [1.29, 1.82) is 0 Å². The van der Waals surface area contributed by atoms with Crippen molar-refractivity contribution >= 4 is 0 Å². The monoisotopic (exact) mass is 300 g/mol. The summed E-state index contributed by atoms with van der Waals surface area (Å²) in [5, 5.41) is 0. The molecule has 0 unspecified atom stereocenters. The van der Waals surface area contributed by atoms with Gasteiger partial charge in [-0.2, -0.15) is 0 Å². The highest BCUT2D eigenvalue weighted by Gasteiger charge is 2.09. The molecule has 120 valence electrons. The number of methoxy groups -OCH3 is 1. The average molecular weight is 300 g/mol. The number of hydrogen-bond acceptors (Lipinski definition) is 2. The number of benzene rings is 2. The van der Waals surface area contributed by atoms with Crippen LogP contribution in [0.1, 0.15) is 43.9 Å². The molecule has 0 bridgehead atoms. The molecule has 0 saturated carbocycles. The molecule has 2 nitrogen and oxygen atoms in total. The van der Waals surface area contributed by atoms with E-state index in [1.165, 1.54) is 11.1 Å². The second kappa shape index (κ2) is 9.88. The lowest BCUT2D eigenvalue weighted by molar-refractivity contribution is 0.284. The topological polar surface area (TPSA) is 18.5 Å². The number of hydrogen-bond donors (Lipinski definition) is 0. The van der Waals surface area contributed by atoms with Gasteiger partial charge >= 0.3 is 0 Å². The summed E-state index contributed by atoms with van der Waals surface area (Å²) in [5.41, 5.74) is 3.75. The van der Waals surface area contributed by atoms with E-state index in [4.69, 9.17) is 9.47 Å². The van der Waals surface area contributed by atoms with Gasteiger partial charge in [0.25, 0.3) is 0 Å². The first-order chi connectivity index (χ1) is 10.7. The predicted molar refractivity (Wildman–Crippen MR) is 93.8 cm³/mol. The van der Waals surface area contributed by atoms with Crippen LogP contribution in [0.5, 0.6) is 11.5 Å². The van der Waals surface area contributed by atoms with Gasteiger partial charge in [0.05, 0.1) is 7.11 Å². The molecule has 2 aromatic rings. The minimum absolute atomic E-state index is 0.559. The second-order valence-corrected chi connectivity index (χ2v) is 4.95. The Morgan fingerprint density at radius 2 is 1.64 bits per heavy atom. The van der Waals surface area contributed by atoms with Gasteiger partial charge in [0.1, 0.15) is 6.61 Å². The Bertz CT molecular complexity index is 547. The summed E-state index contributed by atoms with van der Waals surface area (Å²) in [5.74, 6) is 1.63. The maximum Gasteiger partial charge on any atom is 0.161 e. The third-order valence-corrected chi connectivity index (χ3v) is 3.38. The largest absolute Gasteiger partial charge is 0.493 e. The van der Waals surface area contributed by atoms with Gasteiger partial charge in [-0.25, -0.2) is 0 Å². The molecule has 0 spiro atoms. The Kier molecular flexibility index (Phi) is 8.13. The molecule has 2 heteroatoms. The minimum atomic E-state index is 0.559. The lowest BCUT2D eigenvalue weighted by atomic mass is 10.0. The third kappa shape index (κ3) is 5.10. The van der Waals surface area contributed by atoms with Crippen LogP contribution in [-0.2, 0) is 13.0 Å². The summed E-state index contributed by atoms with van der Waals surface area (Å²) >= 11 is 0. The van der Waals surface area contributed by atoms with E-state index in [1.54, 1.807) is 7.11 Å². The van der Waals surface area contributed by atoms with Gasteiger partial charge in [-0.3, -0.25) is 0 Å². The molecule has 0 aromatic heterocycles. The molecule has 0 heterocycles. The molecule has 0 aliphatic heterocycles. The highest BCUT2D eigenvalue weighted by molar-refractivity contribution is 5.47. The Morgan fingerprint density at radius 1 is 0.955 bits per heavy atom. The quantitative estimate of drug-likeness (QED) is 0.695. The average Bonchev–Trinajstić information content (AvgIpc) is 2.58. The summed E-state index contributed by atoms with van der Waals surface area (Å²) in [6.07, 6.45) is 2.20. The number of aryl methyl sites for hydroxylation is 2. The van der Waals surface area contributed by atoms with Gasteiger partial charge in [-0.1, -0.05) is 57.5 Å². The highest BCUT2D eigenvalue weighted by atomic mass is 16.5. The van der Waals surface area contributed by atoms with Crippen LogP contribution < -0.4 is 9.47 Å². The summed E-state index contributed by atoms with van der Waals surface area (Å²) in [6, 6.07) is 14.3. The van der Waals surface area contributed by atoms with Crippen molar-refractivity contribution in [2.24, 2.45) is 0 Å². The summed E-state index contributed by atoms with van der Waals surface area (Å²) < 4.78 is 11.4. The predicted octanol–water partition coefficient (Wildman–Crippen LogP) is 5.56. The van der Waals surface area contributed by atoms with Gasteiger partial charge < -0.3 is 9.47 Å². The SMILES string of the molecule is CC.CCCc1cc(OC)c(OCc2ccccc2)cc1C. The zero-order valence-corrected chi connectivity index (χ0v) is 14.5. The van der Waals surface area contributed by atoms with E-state index < -0.39 is 0 Å². The van der Waals surface area contributed by atoms with E-state index in [2.05, 4.69) is 38.1 Å². The Morgan fingerprint density at radius 3 is 2.23 bits per heavy atom. The van der Waals surface area contributed by atoms with E-state index >= 15 is 0 Å². The van der Waals surface area contributed by atoms with Gasteiger partial charge in [0.2, 0.25) is 0 Å². The van der Waals surface area contributed by atoms with Crippen LogP contribution in [0.25, 0.3) is 0 Å². The first-order valence-corrected chi connectivity index (χ1v) is 8.08.